The van der Waals surface area contributed by atoms with Gasteiger partial charge >= 0.3 is 0 Å². The van der Waals surface area contributed by atoms with Gasteiger partial charge in [-0.25, -0.2) is 0 Å². The summed E-state index contributed by atoms with van der Waals surface area (Å²) >= 11 is 6.34. The van der Waals surface area contributed by atoms with Gasteiger partial charge in [-0.2, -0.15) is 0 Å². The van der Waals surface area contributed by atoms with E-state index in [1.165, 1.54) is 0 Å². The molecular formula is C11H10ClNO. The maximum atomic E-state index is 12.1. The zero-order chi connectivity index (χ0) is 9.76. The molecule has 0 amide bonds. The van der Waals surface area contributed by atoms with E-state index in [1.54, 1.807) is 0 Å². The second kappa shape index (κ2) is 2.59. The molecule has 0 aromatic heterocycles. The van der Waals surface area contributed by atoms with E-state index < -0.39 is 0 Å². The molecule has 2 aliphatic rings. The van der Waals surface area contributed by atoms with Crippen LogP contribution in [-0.2, 0) is 0 Å². The molecule has 1 atom stereocenters. The second-order valence-corrected chi connectivity index (χ2v) is 4.48. The Labute approximate surface area is 87.3 Å². The normalized spacial score (nSPS) is 27.5. The Morgan fingerprint density at radius 3 is 2.64 bits per heavy atom. The second-order valence-electron chi connectivity index (χ2n) is 4.04. The van der Waals surface area contributed by atoms with Gasteiger partial charge in [0.15, 0.2) is 5.78 Å². The largest absolute Gasteiger partial charge is 0.314 e. The van der Waals surface area contributed by atoms with Crippen LogP contribution in [0, 0.1) is 5.41 Å². The minimum absolute atomic E-state index is 0.146. The molecule has 1 aromatic rings. The highest BCUT2D eigenvalue weighted by Crippen LogP contribution is 2.51. The number of hydrogen-bond donors (Lipinski definition) is 1. The van der Waals surface area contributed by atoms with Gasteiger partial charge in [0.2, 0.25) is 0 Å². The van der Waals surface area contributed by atoms with Gasteiger partial charge in [-0.05, 0) is 5.56 Å². The molecule has 0 saturated carbocycles. The molecule has 1 unspecified atom stereocenters. The maximum Gasteiger partial charge on any atom is 0.173 e. The summed E-state index contributed by atoms with van der Waals surface area (Å²) in [5.74, 6) is 0.215. The number of nitrogens with one attached hydrogen (secondary N) is 1. The monoisotopic (exact) mass is 207 g/mol. The van der Waals surface area contributed by atoms with Crippen molar-refractivity contribution in [3.8, 4) is 0 Å². The highest BCUT2D eigenvalue weighted by molar-refractivity contribution is 6.27. The lowest BCUT2D eigenvalue weighted by molar-refractivity contribution is 0.0707. The summed E-state index contributed by atoms with van der Waals surface area (Å²) in [6, 6.07) is 7.66. The first-order valence-electron chi connectivity index (χ1n) is 4.74. The molecule has 1 N–H and O–H groups in total. The quantitative estimate of drug-likeness (QED) is 0.657. The molecule has 0 radical (unpaired) electrons. The fourth-order valence-corrected chi connectivity index (χ4v) is 2.78. The average Bonchev–Trinajstić information content (AvgIpc) is 2.37. The Hall–Kier alpha value is -0.860. The minimum Gasteiger partial charge on any atom is -0.314 e. The van der Waals surface area contributed by atoms with Crippen LogP contribution >= 0.6 is 11.6 Å². The van der Waals surface area contributed by atoms with Gasteiger partial charge in [0.1, 0.15) is 0 Å². The Morgan fingerprint density at radius 1 is 1.36 bits per heavy atom. The van der Waals surface area contributed by atoms with Gasteiger partial charge in [0, 0.05) is 18.7 Å². The maximum absolute atomic E-state index is 12.1. The third kappa shape index (κ3) is 0.787. The Morgan fingerprint density at radius 2 is 2.07 bits per heavy atom. The standard InChI is InChI=1S/C11H10ClNO/c12-9-7-3-1-2-4-8(7)10(14)11(9)5-13-6-11/h1-4,9,13H,5-6H2. The molecular weight excluding hydrogens is 198 g/mol. The van der Waals surface area contributed by atoms with E-state index in [0.717, 1.165) is 11.1 Å². The topological polar surface area (TPSA) is 29.1 Å². The van der Waals surface area contributed by atoms with Crippen molar-refractivity contribution in [3.63, 3.8) is 0 Å². The molecule has 1 aromatic carbocycles. The van der Waals surface area contributed by atoms with Gasteiger partial charge in [0.25, 0.3) is 0 Å². The smallest absolute Gasteiger partial charge is 0.173 e. The summed E-state index contributed by atoms with van der Waals surface area (Å²) in [4.78, 5) is 12.1. The van der Waals surface area contributed by atoms with Crippen LogP contribution in [0.4, 0.5) is 0 Å². The molecule has 1 spiro atoms. The first-order valence-corrected chi connectivity index (χ1v) is 5.18. The SMILES string of the molecule is O=C1c2ccccc2C(Cl)C12CNC2. The molecule has 1 saturated heterocycles. The molecule has 2 nitrogen and oxygen atoms in total. The number of ketones is 1. The zero-order valence-electron chi connectivity index (χ0n) is 7.59. The summed E-state index contributed by atoms with van der Waals surface area (Å²) in [7, 11) is 0. The zero-order valence-corrected chi connectivity index (χ0v) is 8.34. The summed E-state index contributed by atoms with van der Waals surface area (Å²) < 4.78 is 0. The van der Waals surface area contributed by atoms with E-state index >= 15 is 0 Å². The fraction of sp³-hybridized carbons (Fsp3) is 0.364. The molecule has 1 heterocycles. The number of carbonyl (C=O) groups excluding carboxylic acids is 1. The third-order valence-corrected chi connectivity index (χ3v) is 3.95. The van der Waals surface area contributed by atoms with Crippen molar-refractivity contribution < 1.29 is 4.79 Å². The molecule has 3 rings (SSSR count). The minimum atomic E-state index is -0.342. The van der Waals surface area contributed by atoms with Crippen LogP contribution in [0.15, 0.2) is 24.3 Å². The first kappa shape index (κ1) is 8.45. The van der Waals surface area contributed by atoms with Gasteiger partial charge in [0.05, 0.1) is 10.8 Å². The van der Waals surface area contributed by atoms with Crippen LogP contribution in [0.2, 0.25) is 0 Å². The molecule has 72 valence electrons. The number of hydrogen-bond acceptors (Lipinski definition) is 2. The van der Waals surface area contributed by atoms with Crippen molar-refractivity contribution in [1.82, 2.24) is 5.32 Å². The van der Waals surface area contributed by atoms with Crippen LogP contribution in [0.25, 0.3) is 0 Å². The van der Waals surface area contributed by atoms with E-state index in [9.17, 15) is 4.79 Å². The van der Waals surface area contributed by atoms with Crippen LogP contribution < -0.4 is 5.32 Å². The van der Waals surface area contributed by atoms with Crippen molar-refractivity contribution in [1.29, 1.82) is 0 Å². The number of alkyl halides is 1. The van der Waals surface area contributed by atoms with E-state index in [0.29, 0.717) is 13.1 Å². The molecule has 14 heavy (non-hydrogen) atoms. The van der Waals surface area contributed by atoms with Crippen LogP contribution in [0.1, 0.15) is 21.3 Å². The summed E-state index contributed by atoms with van der Waals surface area (Å²) in [5.41, 5.74) is 1.47. The van der Waals surface area contributed by atoms with E-state index in [2.05, 4.69) is 5.32 Å². The van der Waals surface area contributed by atoms with Crippen molar-refractivity contribution >= 4 is 17.4 Å². The number of fused-ring (bicyclic) bond motifs is 1. The summed E-state index contributed by atoms with van der Waals surface area (Å²) in [5, 5.41) is 2.99. The van der Waals surface area contributed by atoms with E-state index in [1.807, 2.05) is 24.3 Å². The number of halogens is 1. The van der Waals surface area contributed by atoms with Gasteiger partial charge < -0.3 is 5.32 Å². The molecule has 1 aliphatic heterocycles. The van der Waals surface area contributed by atoms with Crippen LogP contribution in [0.3, 0.4) is 0 Å². The van der Waals surface area contributed by atoms with Gasteiger partial charge in [-0.1, -0.05) is 24.3 Å². The lowest BCUT2D eigenvalue weighted by atomic mass is 9.77. The Balaban J connectivity index is 2.18. The van der Waals surface area contributed by atoms with Crippen molar-refractivity contribution in [2.45, 2.75) is 5.38 Å². The molecule has 1 fully saturated rings. The number of rotatable bonds is 0. The number of carbonyl (C=O) groups is 1. The summed E-state index contributed by atoms with van der Waals surface area (Å²) in [6.45, 7) is 1.43. The molecule has 1 aliphatic carbocycles. The predicted octanol–water partition coefficient (Wildman–Crippen LogP) is 1.75. The van der Waals surface area contributed by atoms with Gasteiger partial charge in [-0.3, -0.25) is 4.79 Å². The van der Waals surface area contributed by atoms with E-state index in [4.69, 9.17) is 11.6 Å². The highest BCUT2D eigenvalue weighted by Gasteiger charge is 2.55. The lowest BCUT2D eigenvalue weighted by Gasteiger charge is -2.40. The molecule has 3 heteroatoms. The predicted molar refractivity (Wildman–Crippen MR) is 54.7 cm³/mol. The Kier molecular flexibility index (Phi) is 1.56. The van der Waals surface area contributed by atoms with Gasteiger partial charge in [-0.15, -0.1) is 11.6 Å². The number of Topliss-reactive ketones (excluding diaryl/α,β-unsaturated/α-hetero) is 1. The first-order chi connectivity index (χ1) is 6.76. The Bertz CT molecular complexity index is 412. The van der Waals surface area contributed by atoms with Crippen LogP contribution in [0.5, 0.6) is 0 Å². The highest BCUT2D eigenvalue weighted by atomic mass is 35.5. The average molecular weight is 208 g/mol. The fourth-order valence-electron chi connectivity index (χ4n) is 2.34. The van der Waals surface area contributed by atoms with Crippen molar-refractivity contribution in [2.24, 2.45) is 5.41 Å². The van der Waals surface area contributed by atoms with Crippen molar-refractivity contribution in [2.75, 3.05) is 13.1 Å². The third-order valence-electron chi connectivity index (χ3n) is 3.30. The van der Waals surface area contributed by atoms with Crippen molar-refractivity contribution in [3.05, 3.63) is 35.4 Å². The van der Waals surface area contributed by atoms with E-state index in [-0.39, 0.29) is 16.6 Å². The number of benzene rings is 1. The van der Waals surface area contributed by atoms with Crippen LogP contribution in [-0.4, -0.2) is 18.9 Å². The summed E-state index contributed by atoms with van der Waals surface area (Å²) in [6.07, 6.45) is 0. The lowest BCUT2D eigenvalue weighted by Crippen LogP contribution is -2.57. The molecule has 0 bridgehead atoms.